The molecule has 4 fully saturated rings. The molecule has 0 radical (unpaired) electrons. The highest BCUT2D eigenvalue weighted by atomic mass is 19.1. The zero-order valence-electron chi connectivity index (χ0n) is 21.8. The third-order valence-electron chi connectivity index (χ3n) is 9.52. The Labute approximate surface area is 222 Å². The Morgan fingerprint density at radius 2 is 1.84 bits per heavy atom. The standard InChI is InChI=1S/C29H36FN3O5/c1-29(9-2-10-29)15-32-27(35)24-17-3-4-18(11-17)25(24)33-26(34)21-13-23(22(30)12-19(21)14-31)38-20-7-5-16(6-8-20)28(36)37/h12-13,16-18,20,24-25H,2-11,15H2,1H3,(H,32,35)(H,33,34)(H,36,37). The minimum absolute atomic E-state index is 0.0174. The topological polar surface area (TPSA) is 129 Å². The SMILES string of the molecule is CC1(CNC(=O)C2C3CCC(C3)C2NC(=O)c2cc(OC3CCC(C(=O)O)CC3)c(F)cc2C#N)CCC1. The molecule has 2 amide bonds. The number of rotatable bonds is 8. The van der Waals surface area contributed by atoms with Crippen LogP contribution in [-0.2, 0) is 9.59 Å². The van der Waals surface area contributed by atoms with E-state index in [0.717, 1.165) is 38.2 Å². The molecular weight excluding hydrogens is 489 g/mol. The predicted molar refractivity (Wildman–Crippen MR) is 136 cm³/mol. The molecule has 4 aliphatic rings. The molecule has 0 aliphatic heterocycles. The summed E-state index contributed by atoms with van der Waals surface area (Å²) in [6, 6.07) is 3.86. The average molecular weight is 526 g/mol. The molecule has 4 unspecified atom stereocenters. The van der Waals surface area contributed by atoms with Crippen LogP contribution in [0.2, 0.25) is 0 Å². The summed E-state index contributed by atoms with van der Waals surface area (Å²) in [5.74, 6) is -2.54. The zero-order valence-corrected chi connectivity index (χ0v) is 21.8. The van der Waals surface area contributed by atoms with Gasteiger partial charge in [0.1, 0.15) is 6.07 Å². The minimum atomic E-state index is -0.836. The van der Waals surface area contributed by atoms with E-state index in [4.69, 9.17) is 4.74 Å². The van der Waals surface area contributed by atoms with E-state index in [9.17, 15) is 29.1 Å². The lowest BCUT2D eigenvalue weighted by Gasteiger charge is -2.39. The van der Waals surface area contributed by atoms with Crippen LogP contribution >= 0.6 is 0 Å². The smallest absolute Gasteiger partial charge is 0.306 e. The zero-order chi connectivity index (χ0) is 27.0. The molecule has 5 rings (SSSR count). The minimum Gasteiger partial charge on any atom is -0.487 e. The summed E-state index contributed by atoms with van der Waals surface area (Å²) >= 11 is 0. The number of hydrogen-bond donors (Lipinski definition) is 3. The number of aliphatic carboxylic acids is 1. The van der Waals surface area contributed by atoms with Crippen LogP contribution in [0.5, 0.6) is 5.75 Å². The lowest BCUT2D eigenvalue weighted by molar-refractivity contribution is -0.143. The predicted octanol–water partition coefficient (Wildman–Crippen LogP) is 4.17. The Kier molecular flexibility index (Phi) is 7.34. The van der Waals surface area contributed by atoms with Gasteiger partial charge in [0, 0.05) is 12.6 Å². The van der Waals surface area contributed by atoms with Crippen molar-refractivity contribution in [3.63, 3.8) is 0 Å². The molecule has 38 heavy (non-hydrogen) atoms. The summed E-state index contributed by atoms with van der Waals surface area (Å²) in [7, 11) is 0. The lowest BCUT2D eigenvalue weighted by atomic mass is 9.70. The second-order valence-electron chi connectivity index (χ2n) is 12.1. The normalized spacial score (nSPS) is 31.1. The number of carbonyl (C=O) groups is 3. The molecule has 0 spiro atoms. The van der Waals surface area contributed by atoms with Crippen molar-refractivity contribution in [2.24, 2.45) is 29.1 Å². The van der Waals surface area contributed by atoms with Crippen LogP contribution in [0, 0.1) is 46.2 Å². The molecule has 3 N–H and O–H groups in total. The largest absolute Gasteiger partial charge is 0.487 e. The van der Waals surface area contributed by atoms with Gasteiger partial charge in [0.05, 0.1) is 29.1 Å². The highest BCUT2D eigenvalue weighted by Gasteiger charge is 2.51. The van der Waals surface area contributed by atoms with Gasteiger partial charge < -0.3 is 20.5 Å². The number of carbonyl (C=O) groups excluding carboxylic acids is 2. The van der Waals surface area contributed by atoms with E-state index in [-0.39, 0.29) is 58.1 Å². The van der Waals surface area contributed by atoms with Crippen LogP contribution in [0.1, 0.15) is 87.1 Å². The lowest BCUT2D eigenvalue weighted by Crippen LogP contribution is -2.51. The van der Waals surface area contributed by atoms with Crippen LogP contribution in [0.25, 0.3) is 0 Å². The first-order chi connectivity index (χ1) is 18.2. The van der Waals surface area contributed by atoms with E-state index < -0.39 is 23.6 Å². The second-order valence-corrected chi connectivity index (χ2v) is 12.1. The van der Waals surface area contributed by atoms with Crippen molar-refractivity contribution >= 4 is 17.8 Å². The van der Waals surface area contributed by atoms with Crippen LogP contribution in [-0.4, -0.2) is 41.6 Å². The summed E-state index contributed by atoms with van der Waals surface area (Å²) in [6.07, 6.45) is 7.67. The van der Waals surface area contributed by atoms with Gasteiger partial charge >= 0.3 is 5.97 Å². The summed E-state index contributed by atoms with van der Waals surface area (Å²) in [4.78, 5) is 37.9. The van der Waals surface area contributed by atoms with Gasteiger partial charge in [-0.25, -0.2) is 4.39 Å². The van der Waals surface area contributed by atoms with Gasteiger partial charge in [-0.1, -0.05) is 13.3 Å². The number of nitrogens with zero attached hydrogens (tertiary/aromatic N) is 1. The van der Waals surface area contributed by atoms with Gasteiger partial charge in [-0.05, 0) is 87.2 Å². The maximum absolute atomic E-state index is 14.8. The van der Waals surface area contributed by atoms with Crippen molar-refractivity contribution in [2.45, 2.75) is 83.3 Å². The van der Waals surface area contributed by atoms with E-state index in [2.05, 4.69) is 17.6 Å². The third-order valence-corrected chi connectivity index (χ3v) is 9.52. The van der Waals surface area contributed by atoms with Crippen molar-refractivity contribution in [1.82, 2.24) is 10.6 Å². The van der Waals surface area contributed by atoms with E-state index in [1.807, 2.05) is 6.07 Å². The van der Waals surface area contributed by atoms with Gasteiger partial charge in [-0.2, -0.15) is 5.26 Å². The summed E-state index contributed by atoms with van der Waals surface area (Å²) < 4.78 is 20.6. The van der Waals surface area contributed by atoms with Crippen molar-refractivity contribution in [3.8, 4) is 11.8 Å². The number of carboxylic acids is 1. The number of benzene rings is 1. The number of ether oxygens (including phenoxy) is 1. The maximum atomic E-state index is 14.8. The fourth-order valence-electron chi connectivity index (χ4n) is 7.01. The van der Waals surface area contributed by atoms with Gasteiger partial charge in [0.15, 0.2) is 11.6 Å². The number of nitrogens with one attached hydrogen (secondary N) is 2. The van der Waals surface area contributed by atoms with Crippen LogP contribution in [0.4, 0.5) is 4.39 Å². The molecule has 0 saturated heterocycles. The summed E-state index contributed by atoms with van der Waals surface area (Å²) in [6.45, 7) is 2.83. The van der Waals surface area contributed by atoms with Gasteiger partial charge in [-0.15, -0.1) is 0 Å². The van der Waals surface area contributed by atoms with Crippen LogP contribution in [0.15, 0.2) is 12.1 Å². The quantitative estimate of drug-likeness (QED) is 0.467. The molecule has 1 aromatic rings. The first-order valence-electron chi connectivity index (χ1n) is 13.9. The van der Waals surface area contributed by atoms with Crippen LogP contribution < -0.4 is 15.4 Å². The molecule has 204 valence electrons. The molecule has 9 heteroatoms. The average Bonchev–Trinajstić information content (AvgIpc) is 3.49. The van der Waals surface area contributed by atoms with Crippen molar-refractivity contribution in [3.05, 3.63) is 29.1 Å². The molecule has 0 aromatic heterocycles. The van der Waals surface area contributed by atoms with Crippen LogP contribution in [0.3, 0.4) is 0 Å². The molecule has 4 atom stereocenters. The number of nitriles is 1. The molecule has 4 saturated carbocycles. The molecular formula is C29H36FN3O5. The molecule has 2 bridgehead atoms. The fraction of sp³-hybridized carbons (Fsp3) is 0.655. The van der Waals surface area contributed by atoms with Gasteiger partial charge in [0.2, 0.25) is 5.91 Å². The first kappa shape index (κ1) is 26.5. The molecule has 0 heterocycles. The second kappa shape index (κ2) is 10.5. The van der Waals surface area contributed by atoms with E-state index in [0.29, 0.717) is 32.2 Å². The van der Waals surface area contributed by atoms with E-state index in [1.165, 1.54) is 12.5 Å². The Bertz CT molecular complexity index is 1150. The van der Waals surface area contributed by atoms with Gasteiger partial charge in [0.25, 0.3) is 5.91 Å². The Hall–Kier alpha value is -3.15. The van der Waals surface area contributed by atoms with E-state index >= 15 is 0 Å². The Balaban J connectivity index is 1.28. The molecule has 1 aromatic carbocycles. The van der Waals surface area contributed by atoms with Gasteiger partial charge in [-0.3, -0.25) is 14.4 Å². The Morgan fingerprint density at radius 1 is 1.13 bits per heavy atom. The third kappa shape index (κ3) is 5.23. The molecule has 4 aliphatic carbocycles. The summed E-state index contributed by atoms with van der Waals surface area (Å²) in [5, 5.41) is 25.0. The van der Waals surface area contributed by atoms with E-state index in [1.54, 1.807) is 0 Å². The monoisotopic (exact) mass is 525 g/mol. The molecule has 8 nitrogen and oxygen atoms in total. The highest BCUT2D eigenvalue weighted by Crippen LogP contribution is 2.49. The Morgan fingerprint density at radius 3 is 2.47 bits per heavy atom. The van der Waals surface area contributed by atoms with Crippen molar-refractivity contribution in [2.75, 3.05) is 6.54 Å². The van der Waals surface area contributed by atoms with Crippen molar-refractivity contribution < 1.29 is 28.6 Å². The fourth-order valence-corrected chi connectivity index (χ4v) is 7.01. The number of halogens is 1. The summed E-state index contributed by atoms with van der Waals surface area (Å²) in [5.41, 5.74) is 0.0847. The number of carboxylic acid groups (broad SMARTS) is 1. The number of hydrogen-bond acceptors (Lipinski definition) is 5. The highest BCUT2D eigenvalue weighted by molar-refractivity contribution is 5.97. The maximum Gasteiger partial charge on any atom is 0.306 e. The van der Waals surface area contributed by atoms with Crippen molar-refractivity contribution in [1.29, 1.82) is 5.26 Å². The number of amides is 2. The number of fused-ring (bicyclic) bond motifs is 2. The first-order valence-corrected chi connectivity index (χ1v) is 13.9.